The first kappa shape index (κ1) is 27.8. The number of nitrogens with zero attached hydrogens (tertiary/aromatic N) is 11. The summed E-state index contributed by atoms with van der Waals surface area (Å²) < 4.78 is 11.6. The Morgan fingerprint density at radius 3 is 2.70 bits per heavy atom. The second-order valence-corrected chi connectivity index (χ2v) is 12.3. The van der Waals surface area contributed by atoms with Gasteiger partial charge in [-0.2, -0.15) is 20.4 Å². The highest BCUT2D eigenvalue weighted by Gasteiger charge is 2.46. The molecule has 0 spiro atoms. The van der Waals surface area contributed by atoms with E-state index in [1.807, 2.05) is 34.1 Å². The monoisotopic (exact) mass is 648 g/mol. The van der Waals surface area contributed by atoms with Crippen LogP contribution in [0.4, 0.5) is 17.3 Å². The maximum Gasteiger partial charge on any atom is 0.247 e. The smallest absolute Gasteiger partial charge is 0.247 e. The third-order valence-electron chi connectivity index (χ3n) is 8.66. The van der Waals surface area contributed by atoms with E-state index in [1.54, 1.807) is 27.8 Å². The summed E-state index contributed by atoms with van der Waals surface area (Å²) in [6.07, 6.45) is 11.5. The Balaban J connectivity index is 0.972. The maximum absolute atomic E-state index is 13.0. The van der Waals surface area contributed by atoms with Crippen molar-refractivity contribution >= 4 is 44.8 Å². The van der Waals surface area contributed by atoms with E-state index in [9.17, 15) is 10.1 Å². The number of fused-ring (bicyclic) bond motifs is 1. The van der Waals surface area contributed by atoms with Crippen molar-refractivity contribution < 1.29 is 9.53 Å². The highest BCUT2D eigenvalue weighted by molar-refractivity contribution is 9.10. The van der Waals surface area contributed by atoms with Crippen LogP contribution in [0.15, 0.2) is 47.6 Å². The number of pyridine rings is 1. The van der Waals surface area contributed by atoms with Gasteiger partial charge in [0.2, 0.25) is 11.9 Å². The molecule has 7 rings (SSSR count). The summed E-state index contributed by atoms with van der Waals surface area (Å²) in [6.45, 7) is 6.41. The van der Waals surface area contributed by atoms with E-state index in [0.717, 1.165) is 62.4 Å². The van der Waals surface area contributed by atoms with E-state index in [0.29, 0.717) is 42.8 Å². The van der Waals surface area contributed by atoms with Gasteiger partial charge in [0.15, 0.2) is 5.65 Å². The molecule has 4 aromatic heterocycles. The minimum absolute atomic E-state index is 0.0706. The van der Waals surface area contributed by atoms with Crippen LogP contribution >= 0.6 is 15.9 Å². The number of hydrogen-bond acceptors (Lipinski definition) is 10. The molecule has 3 fully saturated rings. The van der Waals surface area contributed by atoms with Gasteiger partial charge in [0.25, 0.3) is 0 Å². The first-order valence-corrected chi connectivity index (χ1v) is 15.4. The normalized spacial score (nSPS) is 19.3. The number of carbonyl (C=O) groups is 1. The molecule has 0 radical (unpaired) electrons. The van der Waals surface area contributed by atoms with Gasteiger partial charge in [0.05, 0.1) is 40.7 Å². The van der Waals surface area contributed by atoms with E-state index < -0.39 is 0 Å². The molecule has 1 amide bonds. The first-order chi connectivity index (χ1) is 21.0. The van der Waals surface area contributed by atoms with Gasteiger partial charge in [-0.25, -0.2) is 4.52 Å². The zero-order chi connectivity index (χ0) is 29.4. The predicted octanol–water partition coefficient (Wildman–Crippen LogP) is 2.08. The Morgan fingerprint density at radius 2 is 1.95 bits per heavy atom. The Morgan fingerprint density at radius 1 is 1.14 bits per heavy atom. The summed E-state index contributed by atoms with van der Waals surface area (Å²) in [5.74, 6) is 0.503. The SMILES string of the molecule is N#CCC1(n2cc(Br)cn2)CN(c2cccn3nc(Nc4cnn(CC(=O)N5CCN(C6CCOCC6)CC5)c4)nc23)C1. The highest BCUT2D eigenvalue weighted by atomic mass is 79.9. The molecule has 3 aliphatic heterocycles. The van der Waals surface area contributed by atoms with Crippen molar-refractivity contribution in [1.29, 1.82) is 5.26 Å². The van der Waals surface area contributed by atoms with E-state index in [-0.39, 0.29) is 18.0 Å². The lowest BCUT2D eigenvalue weighted by Gasteiger charge is -2.50. The second-order valence-electron chi connectivity index (χ2n) is 11.4. The number of nitriles is 1. The predicted molar refractivity (Wildman–Crippen MR) is 161 cm³/mol. The van der Waals surface area contributed by atoms with Gasteiger partial charge in [-0.1, -0.05) is 0 Å². The van der Waals surface area contributed by atoms with Crippen LogP contribution in [0.5, 0.6) is 0 Å². The summed E-state index contributed by atoms with van der Waals surface area (Å²) in [6, 6.07) is 6.84. The number of amides is 1. The number of carbonyl (C=O) groups excluding carboxylic acids is 1. The van der Waals surface area contributed by atoms with E-state index in [1.165, 1.54) is 0 Å². The molecule has 0 saturated carbocycles. The molecule has 4 aromatic rings. The fraction of sp³-hybridized carbons (Fsp3) is 0.500. The third-order valence-corrected chi connectivity index (χ3v) is 9.07. The number of nitrogens with one attached hydrogen (secondary N) is 1. The van der Waals surface area contributed by atoms with Crippen molar-refractivity contribution in [1.82, 2.24) is 44.0 Å². The fourth-order valence-corrected chi connectivity index (χ4v) is 6.63. The lowest BCUT2D eigenvalue weighted by Crippen LogP contribution is -2.63. The average Bonchev–Trinajstić information content (AvgIpc) is 3.75. The van der Waals surface area contributed by atoms with Crippen molar-refractivity contribution in [3.63, 3.8) is 0 Å². The maximum atomic E-state index is 13.0. The molecule has 14 nitrogen and oxygen atoms in total. The quantitative estimate of drug-likeness (QED) is 0.302. The van der Waals surface area contributed by atoms with Crippen LogP contribution in [0.2, 0.25) is 0 Å². The number of piperazine rings is 1. The molecule has 0 aliphatic carbocycles. The first-order valence-electron chi connectivity index (χ1n) is 14.6. The molecular formula is C28H33BrN12O2. The van der Waals surface area contributed by atoms with Gasteiger partial charge in [0, 0.05) is 77.1 Å². The van der Waals surface area contributed by atoms with Gasteiger partial charge in [0.1, 0.15) is 12.1 Å². The largest absolute Gasteiger partial charge is 0.381 e. The van der Waals surface area contributed by atoms with Gasteiger partial charge >= 0.3 is 0 Å². The number of hydrogen-bond donors (Lipinski definition) is 1. The van der Waals surface area contributed by atoms with Crippen LogP contribution in [-0.2, 0) is 21.6 Å². The molecule has 0 aromatic carbocycles. The number of rotatable bonds is 8. The van der Waals surface area contributed by atoms with Crippen LogP contribution in [-0.4, -0.2) is 108 Å². The van der Waals surface area contributed by atoms with Crippen LogP contribution in [0.25, 0.3) is 5.65 Å². The summed E-state index contributed by atoms with van der Waals surface area (Å²) in [4.78, 5) is 24.4. The number of anilines is 3. The highest BCUT2D eigenvalue weighted by Crippen LogP contribution is 2.37. The van der Waals surface area contributed by atoms with E-state index >= 15 is 0 Å². The zero-order valence-electron chi connectivity index (χ0n) is 23.7. The van der Waals surface area contributed by atoms with Crippen LogP contribution in [0.1, 0.15) is 19.3 Å². The Bertz CT molecular complexity index is 1640. The molecule has 15 heteroatoms. The fourth-order valence-electron chi connectivity index (χ4n) is 6.34. The molecule has 0 bridgehead atoms. The van der Waals surface area contributed by atoms with Crippen molar-refractivity contribution in [2.45, 2.75) is 37.4 Å². The molecule has 1 N–H and O–H groups in total. The topological polar surface area (TPSA) is 138 Å². The lowest BCUT2D eigenvalue weighted by molar-refractivity contribution is -0.134. The van der Waals surface area contributed by atoms with Crippen molar-refractivity contribution in [2.75, 3.05) is 62.7 Å². The van der Waals surface area contributed by atoms with Crippen molar-refractivity contribution in [3.05, 3.63) is 47.6 Å². The van der Waals surface area contributed by atoms with E-state index in [2.05, 4.69) is 52.4 Å². The van der Waals surface area contributed by atoms with Gasteiger partial charge in [-0.3, -0.25) is 19.1 Å². The molecule has 7 heterocycles. The molecule has 0 unspecified atom stereocenters. The zero-order valence-corrected chi connectivity index (χ0v) is 25.3. The second kappa shape index (κ2) is 11.6. The standard InChI is InChI=1S/C28H33BrN12O2/c29-21-14-32-41(16-21)28(5-6-30)19-38(20-28)24-2-1-7-40-26(24)34-27(35-40)33-22-15-31-39(17-22)18-25(42)37-10-8-36(9-11-37)23-3-12-43-13-4-23/h1-2,7,14-17,23H,3-5,8-13,18-20H2,(H,33,35). The third kappa shape index (κ3) is 5.57. The summed E-state index contributed by atoms with van der Waals surface area (Å²) in [5, 5.41) is 26.2. The average molecular weight is 650 g/mol. The molecule has 3 aliphatic rings. The molecule has 0 atom stereocenters. The Kier molecular flexibility index (Phi) is 7.50. The van der Waals surface area contributed by atoms with Gasteiger partial charge < -0.3 is 19.9 Å². The number of aromatic nitrogens is 7. The van der Waals surface area contributed by atoms with Crippen LogP contribution in [0, 0.1) is 11.3 Å². The van der Waals surface area contributed by atoms with Gasteiger partial charge in [-0.05, 0) is 40.9 Å². The van der Waals surface area contributed by atoms with Crippen LogP contribution < -0.4 is 10.2 Å². The molecule has 43 heavy (non-hydrogen) atoms. The summed E-state index contributed by atoms with van der Waals surface area (Å²) in [7, 11) is 0. The lowest BCUT2D eigenvalue weighted by atomic mass is 9.86. The van der Waals surface area contributed by atoms with Crippen LogP contribution in [0.3, 0.4) is 0 Å². The minimum atomic E-state index is -0.390. The van der Waals surface area contributed by atoms with Gasteiger partial charge in [-0.15, -0.1) is 5.10 Å². The Labute approximate surface area is 256 Å². The summed E-state index contributed by atoms with van der Waals surface area (Å²) in [5.41, 5.74) is 1.95. The molecule has 224 valence electrons. The summed E-state index contributed by atoms with van der Waals surface area (Å²) >= 11 is 3.46. The molecule has 3 saturated heterocycles. The van der Waals surface area contributed by atoms with E-state index in [4.69, 9.17) is 9.72 Å². The van der Waals surface area contributed by atoms with Crippen molar-refractivity contribution in [3.8, 4) is 6.07 Å². The number of halogens is 1. The van der Waals surface area contributed by atoms with Crippen molar-refractivity contribution in [2.24, 2.45) is 0 Å². The Hall–Kier alpha value is -4.00. The minimum Gasteiger partial charge on any atom is -0.381 e. The molecular weight excluding hydrogens is 616 g/mol. The number of ether oxygens (including phenoxy) is 1.